The smallest absolute Gasteiger partial charge is 0.246 e. The van der Waals surface area contributed by atoms with Crippen molar-refractivity contribution in [2.75, 3.05) is 25.0 Å². The van der Waals surface area contributed by atoms with Crippen LogP contribution in [-0.2, 0) is 11.2 Å². The number of benzene rings is 1. The van der Waals surface area contributed by atoms with Crippen LogP contribution in [0.1, 0.15) is 44.1 Å². The van der Waals surface area contributed by atoms with Gasteiger partial charge in [0, 0.05) is 25.3 Å². The first kappa shape index (κ1) is 20.0. The Morgan fingerprint density at radius 3 is 2.72 bits per heavy atom. The molecule has 0 aromatic heterocycles. The number of anilines is 1. The summed E-state index contributed by atoms with van der Waals surface area (Å²) in [6.07, 6.45) is 8.34. The summed E-state index contributed by atoms with van der Waals surface area (Å²) in [4.78, 5) is 18.8. The van der Waals surface area contributed by atoms with Gasteiger partial charge in [-0.25, -0.2) is 0 Å². The number of para-hydroxylation sites is 1. The lowest BCUT2D eigenvalue weighted by Gasteiger charge is -2.30. The fourth-order valence-electron chi connectivity index (χ4n) is 3.68. The number of rotatable bonds is 3. The number of halogens is 1. The Hall–Kier alpha value is -1.31. The van der Waals surface area contributed by atoms with Crippen molar-refractivity contribution in [1.29, 1.82) is 0 Å². The minimum absolute atomic E-state index is 0. The van der Waals surface area contributed by atoms with Crippen LogP contribution in [-0.4, -0.2) is 38.0 Å². The first-order valence-electron chi connectivity index (χ1n) is 9.13. The van der Waals surface area contributed by atoms with Crippen molar-refractivity contribution in [3.63, 3.8) is 0 Å². The lowest BCUT2D eigenvalue weighted by molar-refractivity contribution is -0.117. The van der Waals surface area contributed by atoms with Crippen LogP contribution in [0.15, 0.2) is 29.3 Å². The fraction of sp³-hybridized carbons (Fsp3) is 0.579. The van der Waals surface area contributed by atoms with Gasteiger partial charge in [-0.3, -0.25) is 9.79 Å². The van der Waals surface area contributed by atoms with E-state index in [9.17, 15) is 4.79 Å². The van der Waals surface area contributed by atoms with Gasteiger partial charge in [0.2, 0.25) is 5.91 Å². The molecule has 0 atom stereocenters. The van der Waals surface area contributed by atoms with Gasteiger partial charge in [-0.05, 0) is 37.3 Å². The Morgan fingerprint density at radius 2 is 1.96 bits per heavy atom. The number of fused-ring (bicyclic) bond motifs is 1. The van der Waals surface area contributed by atoms with Crippen molar-refractivity contribution in [3.05, 3.63) is 29.8 Å². The molecule has 1 aromatic rings. The Bertz CT molecular complexity index is 599. The van der Waals surface area contributed by atoms with Gasteiger partial charge >= 0.3 is 0 Å². The molecule has 0 radical (unpaired) electrons. The summed E-state index contributed by atoms with van der Waals surface area (Å²) in [5.41, 5.74) is 2.33. The topological polar surface area (TPSA) is 56.7 Å². The first-order valence-corrected chi connectivity index (χ1v) is 9.13. The van der Waals surface area contributed by atoms with Gasteiger partial charge in [-0.2, -0.15) is 0 Å². The molecule has 2 aliphatic rings. The van der Waals surface area contributed by atoms with Gasteiger partial charge < -0.3 is 15.5 Å². The van der Waals surface area contributed by atoms with Gasteiger partial charge in [0.1, 0.15) is 0 Å². The predicted molar refractivity (Wildman–Crippen MR) is 114 cm³/mol. The minimum Gasteiger partial charge on any atom is -0.354 e. The van der Waals surface area contributed by atoms with Crippen molar-refractivity contribution < 1.29 is 4.79 Å². The number of carbonyl (C=O) groups excluding carboxylic acids is 1. The second-order valence-electron chi connectivity index (χ2n) is 6.68. The first-order chi connectivity index (χ1) is 11.8. The summed E-state index contributed by atoms with van der Waals surface area (Å²) in [6.45, 7) is 1.08. The number of nitrogens with zero attached hydrogens (tertiary/aromatic N) is 2. The SMILES string of the molecule is CN=C(NCC(=O)N1CCCc2ccccc21)NC1CCCCC1.I. The predicted octanol–water partition coefficient (Wildman–Crippen LogP) is 3.08. The molecule has 1 fully saturated rings. The maximum absolute atomic E-state index is 12.7. The molecule has 1 heterocycles. The molecule has 0 bridgehead atoms. The van der Waals surface area contributed by atoms with Gasteiger partial charge in [-0.15, -0.1) is 24.0 Å². The summed E-state index contributed by atoms with van der Waals surface area (Å²) in [5, 5.41) is 6.64. The highest BCUT2D eigenvalue weighted by atomic mass is 127. The molecule has 1 aliphatic carbocycles. The van der Waals surface area contributed by atoms with Gasteiger partial charge in [0.05, 0.1) is 6.54 Å². The van der Waals surface area contributed by atoms with Crippen LogP contribution in [0.25, 0.3) is 0 Å². The number of carbonyl (C=O) groups is 1. The van der Waals surface area contributed by atoms with Crippen LogP contribution in [0.2, 0.25) is 0 Å². The second-order valence-corrected chi connectivity index (χ2v) is 6.68. The quantitative estimate of drug-likeness (QED) is 0.418. The third kappa shape index (κ3) is 5.33. The van der Waals surface area contributed by atoms with E-state index in [1.807, 2.05) is 23.1 Å². The molecule has 5 nitrogen and oxygen atoms in total. The lowest BCUT2D eigenvalue weighted by atomic mass is 9.96. The van der Waals surface area contributed by atoms with E-state index >= 15 is 0 Å². The Kier molecular flexibility index (Phi) is 7.99. The average Bonchev–Trinajstić information content (AvgIpc) is 2.65. The molecule has 0 saturated heterocycles. The Morgan fingerprint density at radius 1 is 1.20 bits per heavy atom. The molecule has 0 spiro atoms. The highest BCUT2D eigenvalue weighted by Gasteiger charge is 2.22. The normalized spacial score (nSPS) is 18.1. The van der Waals surface area contributed by atoms with Crippen molar-refractivity contribution in [3.8, 4) is 0 Å². The summed E-state index contributed by atoms with van der Waals surface area (Å²) < 4.78 is 0. The van der Waals surface area contributed by atoms with Crippen LogP contribution in [0.5, 0.6) is 0 Å². The van der Waals surface area contributed by atoms with E-state index in [0.29, 0.717) is 6.04 Å². The number of guanidine groups is 1. The van der Waals surface area contributed by atoms with Crippen molar-refractivity contribution in [2.24, 2.45) is 4.99 Å². The summed E-state index contributed by atoms with van der Waals surface area (Å²) in [6, 6.07) is 8.69. The molecule has 25 heavy (non-hydrogen) atoms. The highest BCUT2D eigenvalue weighted by Crippen LogP contribution is 2.26. The zero-order chi connectivity index (χ0) is 16.8. The zero-order valence-electron chi connectivity index (χ0n) is 15.0. The second kappa shape index (κ2) is 9.99. The standard InChI is InChI=1S/C19H28N4O.HI/c1-20-19(22-16-10-3-2-4-11-16)21-14-18(24)23-13-7-9-15-8-5-6-12-17(15)23;/h5-6,8,12,16H,2-4,7,9-11,13-14H2,1H3,(H2,20,21,22);1H. The van der Waals surface area contributed by atoms with Crippen LogP contribution in [0, 0.1) is 0 Å². The Labute approximate surface area is 167 Å². The third-order valence-electron chi connectivity index (χ3n) is 4.99. The molecule has 0 unspecified atom stereocenters. The average molecular weight is 456 g/mol. The number of hydrogen-bond donors (Lipinski definition) is 2. The van der Waals surface area contributed by atoms with Gasteiger partial charge in [0.25, 0.3) is 0 Å². The summed E-state index contributed by atoms with van der Waals surface area (Å²) in [5.74, 6) is 0.842. The molecule has 1 aromatic carbocycles. The van der Waals surface area contributed by atoms with Crippen LogP contribution in [0.4, 0.5) is 5.69 Å². The number of amides is 1. The van der Waals surface area contributed by atoms with Crippen LogP contribution >= 0.6 is 24.0 Å². The van der Waals surface area contributed by atoms with E-state index in [1.54, 1.807) is 7.05 Å². The van der Waals surface area contributed by atoms with E-state index in [4.69, 9.17) is 0 Å². The van der Waals surface area contributed by atoms with Crippen molar-refractivity contribution in [1.82, 2.24) is 10.6 Å². The summed E-state index contributed by atoms with van der Waals surface area (Å²) in [7, 11) is 1.76. The maximum Gasteiger partial charge on any atom is 0.246 e. The van der Waals surface area contributed by atoms with Crippen LogP contribution in [0.3, 0.4) is 0 Å². The molecule has 1 amide bonds. The molecule has 1 aliphatic heterocycles. The summed E-state index contributed by atoms with van der Waals surface area (Å²) >= 11 is 0. The molecular formula is C19H29IN4O. The molecular weight excluding hydrogens is 427 g/mol. The van der Waals surface area contributed by atoms with Crippen LogP contribution < -0.4 is 15.5 Å². The van der Waals surface area contributed by atoms with E-state index < -0.39 is 0 Å². The monoisotopic (exact) mass is 456 g/mol. The number of aliphatic imine (C=N–C) groups is 1. The Balaban J connectivity index is 0.00000225. The van der Waals surface area contributed by atoms with Gasteiger partial charge in [0.15, 0.2) is 5.96 Å². The van der Waals surface area contributed by atoms with E-state index in [-0.39, 0.29) is 36.4 Å². The maximum atomic E-state index is 12.7. The van der Waals surface area contributed by atoms with Crippen molar-refractivity contribution >= 4 is 41.5 Å². The van der Waals surface area contributed by atoms with Crippen molar-refractivity contribution in [2.45, 2.75) is 51.0 Å². The number of hydrogen-bond acceptors (Lipinski definition) is 2. The number of aryl methyl sites for hydroxylation is 1. The minimum atomic E-state index is 0. The largest absolute Gasteiger partial charge is 0.354 e. The molecule has 6 heteroatoms. The highest BCUT2D eigenvalue weighted by molar-refractivity contribution is 14.0. The van der Waals surface area contributed by atoms with E-state index in [0.717, 1.165) is 31.0 Å². The van der Waals surface area contributed by atoms with E-state index in [2.05, 4.69) is 21.7 Å². The fourth-order valence-corrected chi connectivity index (χ4v) is 3.68. The lowest BCUT2D eigenvalue weighted by Crippen LogP contribution is -2.48. The van der Waals surface area contributed by atoms with Gasteiger partial charge in [-0.1, -0.05) is 37.5 Å². The molecule has 2 N–H and O–H groups in total. The molecule has 3 rings (SSSR count). The third-order valence-corrected chi connectivity index (χ3v) is 4.99. The van der Waals surface area contributed by atoms with E-state index in [1.165, 1.54) is 37.7 Å². The molecule has 1 saturated carbocycles. The molecule has 138 valence electrons. The zero-order valence-corrected chi connectivity index (χ0v) is 17.3. The number of nitrogens with one attached hydrogen (secondary N) is 2.